The first kappa shape index (κ1) is 10.9. The molecule has 1 aromatic carbocycles. The molecule has 0 unspecified atom stereocenters. The fourth-order valence-electron chi connectivity index (χ4n) is 2.10. The molecule has 0 radical (unpaired) electrons. The Hall–Kier alpha value is -1.20. The first-order chi connectivity index (χ1) is 8.33. The van der Waals surface area contributed by atoms with Gasteiger partial charge in [0.25, 0.3) is 5.22 Å². The minimum absolute atomic E-state index is 0.339. The van der Waals surface area contributed by atoms with Crippen molar-refractivity contribution in [3.8, 4) is 0 Å². The predicted octanol–water partition coefficient (Wildman–Crippen LogP) is 1.69. The zero-order valence-corrected chi connectivity index (χ0v) is 10.2. The summed E-state index contributed by atoms with van der Waals surface area (Å²) in [5.74, 6) is 0.590. The normalized spacial score (nSPS) is 22.0. The summed E-state index contributed by atoms with van der Waals surface area (Å²) >= 11 is 0. The van der Waals surface area contributed by atoms with E-state index in [2.05, 4.69) is 10.3 Å². The minimum Gasteiger partial charge on any atom is -0.430 e. The first-order valence-corrected chi connectivity index (χ1v) is 7.12. The van der Waals surface area contributed by atoms with Crippen molar-refractivity contribution in [2.24, 2.45) is 0 Å². The van der Waals surface area contributed by atoms with Crippen LogP contribution in [0.3, 0.4) is 0 Å². The standard InChI is InChI=1S/C12H14N2O2S/c15-17(8-9-4-3-7-13-9)12-14-10-5-1-2-6-11(10)16-12/h1-2,5-6,9,13H,3-4,7-8H2/t9-,17+/m1/s1. The van der Waals surface area contributed by atoms with E-state index in [1.165, 1.54) is 0 Å². The van der Waals surface area contributed by atoms with Gasteiger partial charge < -0.3 is 9.73 Å². The Morgan fingerprint density at radius 2 is 2.35 bits per heavy atom. The Balaban J connectivity index is 1.80. The van der Waals surface area contributed by atoms with E-state index in [0.717, 1.165) is 24.9 Å². The van der Waals surface area contributed by atoms with Gasteiger partial charge in [0.15, 0.2) is 5.58 Å². The summed E-state index contributed by atoms with van der Waals surface area (Å²) < 4.78 is 17.6. The van der Waals surface area contributed by atoms with Gasteiger partial charge in [-0.3, -0.25) is 0 Å². The summed E-state index contributed by atoms with van der Waals surface area (Å²) in [5, 5.41) is 3.68. The van der Waals surface area contributed by atoms with Gasteiger partial charge >= 0.3 is 0 Å². The van der Waals surface area contributed by atoms with Crippen LogP contribution in [0.5, 0.6) is 0 Å². The Morgan fingerprint density at radius 3 is 3.12 bits per heavy atom. The van der Waals surface area contributed by atoms with Crippen molar-refractivity contribution < 1.29 is 8.63 Å². The Kier molecular flexibility index (Phi) is 2.94. The summed E-state index contributed by atoms with van der Waals surface area (Å²) in [7, 11) is -1.15. The van der Waals surface area contributed by atoms with E-state index in [0.29, 0.717) is 22.6 Å². The molecule has 0 saturated carbocycles. The van der Waals surface area contributed by atoms with Crippen molar-refractivity contribution in [3.63, 3.8) is 0 Å². The highest BCUT2D eigenvalue weighted by Gasteiger charge is 2.20. The molecule has 1 N–H and O–H groups in total. The fraction of sp³-hybridized carbons (Fsp3) is 0.417. The van der Waals surface area contributed by atoms with E-state index in [9.17, 15) is 4.21 Å². The van der Waals surface area contributed by atoms with E-state index in [4.69, 9.17) is 4.42 Å². The highest BCUT2D eigenvalue weighted by Crippen LogP contribution is 2.18. The number of benzene rings is 1. The molecule has 0 aliphatic carbocycles. The van der Waals surface area contributed by atoms with Crippen molar-refractivity contribution in [2.75, 3.05) is 12.3 Å². The quantitative estimate of drug-likeness (QED) is 0.900. The number of nitrogens with zero attached hydrogens (tertiary/aromatic N) is 1. The molecule has 4 nitrogen and oxygen atoms in total. The topological polar surface area (TPSA) is 55.1 Å². The number of nitrogens with one attached hydrogen (secondary N) is 1. The number of oxazole rings is 1. The van der Waals surface area contributed by atoms with Crippen LogP contribution in [0.2, 0.25) is 0 Å². The van der Waals surface area contributed by atoms with Crippen LogP contribution >= 0.6 is 0 Å². The van der Waals surface area contributed by atoms with Crippen LogP contribution in [0.1, 0.15) is 12.8 Å². The molecule has 1 saturated heterocycles. The number of hydrogen-bond acceptors (Lipinski definition) is 4. The molecule has 2 heterocycles. The average Bonchev–Trinajstić information content (AvgIpc) is 2.96. The Morgan fingerprint density at radius 1 is 1.47 bits per heavy atom. The molecular formula is C12H14N2O2S. The molecule has 0 bridgehead atoms. The lowest BCUT2D eigenvalue weighted by Gasteiger charge is -2.06. The molecule has 90 valence electrons. The van der Waals surface area contributed by atoms with Crippen LogP contribution in [0.15, 0.2) is 33.9 Å². The maximum Gasteiger partial charge on any atom is 0.287 e. The SMILES string of the molecule is O=[S@@](C[C@H]1CCCN1)c1nc2ccccc2o1. The lowest BCUT2D eigenvalue weighted by atomic mass is 10.3. The van der Waals surface area contributed by atoms with Gasteiger partial charge in [-0.1, -0.05) is 12.1 Å². The molecule has 1 fully saturated rings. The summed E-state index contributed by atoms with van der Waals surface area (Å²) in [6.45, 7) is 1.02. The van der Waals surface area contributed by atoms with Gasteiger partial charge in [-0.25, -0.2) is 9.19 Å². The number of fused-ring (bicyclic) bond motifs is 1. The summed E-state index contributed by atoms with van der Waals surface area (Å²) in [4.78, 5) is 4.26. The second-order valence-corrected chi connectivity index (χ2v) is 5.63. The van der Waals surface area contributed by atoms with Crippen molar-refractivity contribution >= 4 is 21.9 Å². The molecular weight excluding hydrogens is 236 g/mol. The molecule has 1 aliphatic rings. The number of hydrogen-bond donors (Lipinski definition) is 1. The molecule has 2 aromatic rings. The van der Waals surface area contributed by atoms with Gasteiger partial charge in [-0.05, 0) is 31.5 Å². The smallest absolute Gasteiger partial charge is 0.287 e. The zero-order valence-electron chi connectivity index (χ0n) is 9.39. The summed E-state index contributed by atoms with van der Waals surface area (Å²) in [6.07, 6.45) is 2.25. The molecule has 5 heteroatoms. The van der Waals surface area contributed by atoms with Crippen molar-refractivity contribution in [1.29, 1.82) is 0 Å². The van der Waals surface area contributed by atoms with E-state index in [-0.39, 0.29) is 0 Å². The highest BCUT2D eigenvalue weighted by atomic mass is 32.2. The highest BCUT2D eigenvalue weighted by molar-refractivity contribution is 7.84. The molecule has 2 atom stereocenters. The largest absolute Gasteiger partial charge is 0.430 e. The Labute approximate surface area is 102 Å². The number of rotatable bonds is 3. The van der Waals surface area contributed by atoms with Crippen molar-refractivity contribution in [3.05, 3.63) is 24.3 Å². The zero-order chi connectivity index (χ0) is 11.7. The first-order valence-electron chi connectivity index (χ1n) is 5.80. The van der Waals surface area contributed by atoms with Crippen LogP contribution in [0.4, 0.5) is 0 Å². The van der Waals surface area contributed by atoms with Crippen LogP contribution < -0.4 is 5.32 Å². The van der Waals surface area contributed by atoms with Gasteiger partial charge in [-0.15, -0.1) is 0 Å². The van der Waals surface area contributed by atoms with E-state index >= 15 is 0 Å². The number of para-hydroxylation sites is 2. The van der Waals surface area contributed by atoms with Crippen molar-refractivity contribution in [1.82, 2.24) is 10.3 Å². The maximum atomic E-state index is 12.1. The fourth-order valence-corrected chi connectivity index (χ4v) is 3.28. The second kappa shape index (κ2) is 4.58. The van der Waals surface area contributed by atoms with Crippen LogP contribution in [0, 0.1) is 0 Å². The van der Waals surface area contributed by atoms with Gasteiger partial charge in [0, 0.05) is 11.8 Å². The molecule has 1 aromatic heterocycles. The predicted molar refractivity (Wildman–Crippen MR) is 66.3 cm³/mol. The molecule has 0 spiro atoms. The minimum atomic E-state index is -1.15. The third kappa shape index (κ3) is 2.25. The molecule has 3 rings (SSSR count). The van der Waals surface area contributed by atoms with E-state index in [1.807, 2.05) is 24.3 Å². The maximum absolute atomic E-state index is 12.1. The van der Waals surface area contributed by atoms with Gasteiger partial charge in [0.1, 0.15) is 16.3 Å². The lowest BCUT2D eigenvalue weighted by molar-refractivity contribution is 0.476. The lowest BCUT2D eigenvalue weighted by Crippen LogP contribution is -2.27. The van der Waals surface area contributed by atoms with E-state index in [1.54, 1.807) is 0 Å². The molecule has 17 heavy (non-hydrogen) atoms. The van der Waals surface area contributed by atoms with Crippen molar-refractivity contribution in [2.45, 2.75) is 24.1 Å². The third-order valence-corrected chi connectivity index (χ3v) is 4.25. The van der Waals surface area contributed by atoms with Gasteiger partial charge in [0.05, 0.1) is 0 Å². The third-order valence-electron chi connectivity index (χ3n) is 2.98. The summed E-state index contributed by atoms with van der Waals surface area (Å²) in [6, 6.07) is 7.84. The van der Waals surface area contributed by atoms with Crippen LogP contribution in [-0.2, 0) is 10.8 Å². The molecule has 1 aliphatic heterocycles. The summed E-state index contributed by atoms with van der Waals surface area (Å²) in [5.41, 5.74) is 1.48. The monoisotopic (exact) mass is 250 g/mol. The molecule has 0 amide bonds. The van der Waals surface area contributed by atoms with E-state index < -0.39 is 10.8 Å². The van der Waals surface area contributed by atoms with Gasteiger partial charge in [0.2, 0.25) is 0 Å². The average molecular weight is 250 g/mol. The van der Waals surface area contributed by atoms with Crippen LogP contribution in [0.25, 0.3) is 11.1 Å². The van der Waals surface area contributed by atoms with Gasteiger partial charge in [-0.2, -0.15) is 0 Å². The van der Waals surface area contributed by atoms with Crippen LogP contribution in [-0.4, -0.2) is 27.5 Å². The Bertz CT molecular complexity index is 513. The second-order valence-electron chi connectivity index (χ2n) is 4.25. The number of aromatic nitrogens is 1.